The van der Waals surface area contributed by atoms with Crippen LogP contribution < -0.4 is 5.32 Å². The van der Waals surface area contributed by atoms with E-state index in [1.807, 2.05) is 20.8 Å². The second-order valence-corrected chi connectivity index (χ2v) is 4.57. The zero-order chi connectivity index (χ0) is 14.8. The van der Waals surface area contributed by atoms with Gasteiger partial charge in [-0.05, 0) is 19.8 Å². The molecule has 0 saturated heterocycles. The molecule has 0 spiro atoms. The van der Waals surface area contributed by atoms with E-state index < -0.39 is 12.0 Å². The highest BCUT2D eigenvalue weighted by atomic mass is 16.5. The maximum Gasteiger partial charge on any atom is 0.326 e. The monoisotopic (exact) mass is 274 g/mol. The quantitative estimate of drug-likeness (QED) is 0.670. The smallest absolute Gasteiger partial charge is 0.326 e. The van der Waals surface area contributed by atoms with E-state index >= 15 is 0 Å². The van der Waals surface area contributed by atoms with Crippen LogP contribution in [-0.2, 0) is 9.53 Å². The van der Waals surface area contributed by atoms with Crippen molar-refractivity contribution in [3.63, 3.8) is 0 Å². The SMILES string of the molecule is CCCC(NC(=O)N(CCOC)C(C)CC)C(=O)O. The van der Waals surface area contributed by atoms with E-state index in [4.69, 9.17) is 9.84 Å². The van der Waals surface area contributed by atoms with Gasteiger partial charge in [-0.3, -0.25) is 0 Å². The van der Waals surface area contributed by atoms with Crippen LogP contribution in [0.3, 0.4) is 0 Å². The van der Waals surface area contributed by atoms with Gasteiger partial charge in [0.1, 0.15) is 6.04 Å². The predicted octanol–water partition coefficient (Wildman–Crippen LogP) is 1.70. The van der Waals surface area contributed by atoms with Gasteiger partial charge in [0.2, 0.25) is 0 Å². The Hall–Kier alpha value is -1.30. The van der Waals surface area contributed by atoms with E-state index in [9.17, 15) is 9.59 Å². The first-order valence-corrected chi connectivity index (χ1v) is 6.76. The fourth-order valence-electron chi connectivity index (χ4n) is 1.71. The summed E-state index contributed by atoms with van der Waals surface area (Å²) in [4.78, 5) is 24.8. The summed E-state index contributed by atoms with van der Waals surface area (Å²) in [5, 5.41) is 11.6. The molecular weight excluding hydrogens is 248 g/mol. The van der Waals surface area contributed by atoms with Crippen LogP contribution in [0.4, 0.5) is 4.79 Å². The van der Waals surface area contributed by atoms with Gasteiger partial charge >= 0.3 is 12.0 Å². The maximum atomic E-state index is 12.1. The van der Waals surface area contributed by atoms with Crippen LogP contribution in [0, 0.1) is 0 Å². The van der Waals surface area contributed by atoms with Gasteiger partial charge in [-0.15, -0.1) is 0 Å². The van der Waals surface area contributed by atoms with Crippen LogP contribution in [0.15, 0.2) is 0 Å². The number of aliphatic carboxylic acids is 1. The van der Waals surface area contributed by atoms with E-state index in [0.717, 1.165) is 6.42 Å². The highest BCUT2D eigenvalue weighted by Crippen LogP contribution is 2.06. The Labute approximate surface area is 115 Å². The van der Waals surface area contributed by atoms with Gasteiger partial charge in [0.15, 0.2) is 0 Å². The number of rotatable bonds is 9. The number of carboxylic acid groups (broad SMARTS) is 1. The average molecular weight is 274 g/mol. The molecule has 2 amide bonds. The van der Waals surface area contributed by atoms with Gasteiger partial charge in [-0.25, -0.2) is 9.59 Å². The Morgan fingerprint density at radius 1 is 1.37 bits per heavy atom. The zero-order valence-corrected chi connectivity index (χ0v) is 12.3. The third-order valence-electron chi connectivity index (χ3n) is 3.09. The Kier molecular flexibility index (Phi) is 8.95. The number of ether oxygens (including phenoxy) is 1. The zero-order valence-electron chi connectivity index (χ0n) is 12.3. The van der Waals surface area contributed by atoms with Crippen molar-refractivity contribution in [2.45, 2.75) is 52.1 Å². The standard InChI is InChI=1S/C13H26N2O4/c1-5-7-11(12(16)17)14-13(18)15(8-9-19-4)10(3)6-2/h10-11H,5-9H2,1-4H3,(H,14,18)(H,16,17). The molecule has 0 aromatic heterocycles. The summed E-state index contributed by atoms with van der Waals surface area (Å²) in [7, 11) is 1.57. The number of nitrogens with zero attached hydrogens (tertiary/aromatic N) is 1. The van der Waals surface area contributed by atoms with Crippen molar-refractivity contribution in [3.05, 3.63) is 0 Å². The van der Waals surface area contributed by atoms with Crippen molar-refractivity contribution < 1.29 is 19.4 Å². The summed E-state index contributed by atoms with van der Waals surface area (Å²) >= 11 is 0. The molecule has 0 aromatic rings. The minimum absolute atomic E-state index is 0.0474. The van der Waals surface area contributed by atoms with Gasteiger partial charge in [-0.2, -0.15) is 0 Å². The van der Waals surface area contributed by atoms with Crippen LogP contribution in [0.5, 0.6) is 0 Å². The summed E-state index contributed by atoms with van der Waals surface area (Å²) in [6, 6.07) is -1.12. The molecule has 0 aromatic carbocycles. The van der Waals surface area contributed by atoms with Crippen molar-refractivity contribution in [1.82, 2.24) is 10.2 Å². The Bertz CT molecular complexity index is 284. The number of hydrogen-bond donors (Lipinski definition) is 2. The van der Waals surface area contributed by atoms with Gasteiger partial charge in [0, 0.05) is 19.7 Å². The third kappa shape index (κ3) is 6.42. The molecule has 0 bridgehead atoms. The molecule has 0 fully saturated rings. The molecule has 0 radical (unpaired) electrons. The van der Waals surface area contributed by atoms with Gasteiger partial charge < -0.3 is 20.1 Å². The van der Waals surface area contributed by atoms with E-state index in [1.54, 1.807) is 12.0 Å². The molecule has 2 atom stereocenters. The fraction of sp³-hybridized carbons (Fsp3) is 0.846. The number of methoxy groups -OCH3 is 1. The Balaban J connectivity index is 4.63. The molecule has 0 rings (SSSR count). The lowest BCUT2D eigenvalue weighted by molar-refractivity contribution is -0.139. The van der Waals surface area contributed by atoms with Crippen molar-refractivity contribution in [1.29, 1.82) is 0 Å². The first-order valence-electron chi connectivity index (χ1n) is 6.76. The number of nitrogens with one attached hydrogen (secondary N) is 1. The van der Waals surface area contributed by atoms with E-state index in [-0.39, 0.29) is 12.1 Å². The number of urea groups is 1. The fourth-order valence-corrected chi connectivity index (χ4v) is 1.71. The van der Waals surface area contributed by atoms with Crippen LogP contribution in [0.2, 0.25) is 0 Å². The molecule has 0 aliphatic carbocycles. The Morgan fingerprint density at radius 3 is 2.42 bits per heavy atom. The molecule has 0 heterocycles. The number of amides is 2. The number of carbonyl (C=O) groups is 2. The lowest BCUT2D eigenvalue weighted by atomic mass is 10.1. The number of hydrogen-bond acceptors (Lipinski definition) is 3. The lowest BCUT2D eigenvalue weighted by Crippen LogP contribution is -2.51. The summed E-state index contributed by atoms with van der Waals surface area (Å²) in [6.45, 7) is 6.70. The summed E-state index contributed by atoms with van der Waals surface area (Å²) in [5.74, 6) is -0.994. The topological polar surface area (TPSA) is 78.9 Å². The first kappa shape index (κ1) is 17.7. The van der Waals surface area contributed by atoms with Crippen molar-refractivity contribution in [3.8, 4) is 0 Å². The summed E-state index contributed by atoms with van der Waals surface area (Å²) < 4.78 is 4.98. The highest BCUT2D eigenvalue weighted by molar-refractivity contribution is 5.82. The molecule has 6 heteroatoms. The maximum absolute atomic E-state index is 12.1. The van der Waals surface area contributed by atoms with Crippen molar-refractivity contribution in [2.75, 3.05) is 20.3 Å². The molecule has 0 saturated carbocycles. The normalized spacial score (nSPS) is 13.7. The van der Waals surface area contributed by atoms with Gasteiger partial charge in [0.25, 0.3) is 0 Å². The third-order valence-corrected chi connectivity index (χ3v) is 3.09. The molecule has 2 unspecified atom stereocenters. The van der Waals surface area contributed by atoms with Crippen molar-refractivity contribution >= 4 is 12.0 Å². The largest absolute Gasteiger partial charge is 0.480 e. The number of carbonyl (C=O) groups excluding carboxylic acids is 1. The van der Waals surface area contributed by atoms with Crippen LogP contribution >= 0.6 is 0 Å². The van der Waals surface area contributed by atoms with Crippen LogP contribution in [-0.4, -0.2) is 54.4 Å². The summed E-state index contributed by atoms with van der Waals surface area (Å²) in [5.41, 5.74) is 0. The summed E-state index contributed by atoms with van der Waals surface area (Å²) in [6.07, 6.45) is 1.95. The second kappa shape index (κ2) is 9.61. The minimum Gasteiger partial charge on any atom is -0.480 e. The number of carboxylic acids is 1. The predicted molar refractivity (Wildman–Crippen MR) is 73.2 cm³/mol. The van der Waals surface area contributed by atoms with Crippen LogP contribution in [0.25, 0.3) is 0 Å². The average Bonchev–Trinajstić information content (AvgIpc) is 2.38. The molecule has 0 aliphatic rings. The minimum atomic E-state index is -0.994. The van der Waals surface area contributed by atoms with E-state index in [2.05, 4.69) is 5.32 Å². The molecule has 19 heavy (non-hydrogen) atoms. The molecule has 112 valence electrons. The Morgan fingerprint density at radius 2 is 2.00 bits per heavy atom. The second-order valence-electron chi connectivity index (χ2n) is 4.57. The molecule has 6 nitrogen and oxygen atoms in total. The van der Waals surface area contributed by atoms with Crippen LogP contribution in [0.1, 0.15) is 40.0 Å². The van der Waals surface area contributed by atoms with E-state index in [1.165, 1.54) is 0 Å². The van der Waals surface area contributed by atoms with Gasteiger partial charge in [-0.1, -0.05) is 20.3 Å². The first-order chi connectivity index (χ1) is 8.97. The molecule has 0 aliphatic heterocycles. The lowest BCUT2D eigenvalue weighted by Gasteiger charge is -2.29. The van der Waals surface area contributed by atoms with Gasteiger partial charge in [0.05, 0.1) is 6.61 Å². The van der Waals surface area contributed by atoms with Crippen molar-refractivity contribution in [2.24, 2.45) is 0 Å². The molecule has 2 N–H and O–H groups in total. The highest BCUT2D eigenvalue weighted by Gasteiger charge is 2.24. The van der Waals surface area contributed by atoms with E-state index in [0.29, 0.717) is 26.0 Å². The molecular formula is C13H26N2O4.